The molecule has 6 heteroatoms. The minimum Gasteiger partial charge on any atom is -0.768 e. The summed E-state index contributed by atoms with van der Waals surface area (Å²) >= 11 is -2.38. The van der Waals surface area contributed by atoms with E-state index in [0.717, 1.165) is 6.20 Å². The molecule has 0 fully saturated rings. The normalized spacial score (nSPS) is 26.2. The minimum absolute atomic E-state index is 0.0769. The molecule has 2 N–H and O–H groups in total. The molecule has 0 aromatic heterocycles. The van der Waals surface area contributed by atoms with Gasteiger partial charge in [-0.05, 0) is 11.1 Å². The fourth-order valence-corrected chi connectivity index (χ4v) is 1.28. The number of ether oxygens (including phenoxy) is 1. The quantitative estimate of drug-likeness (QED) is 0.626. The molecule has 0 saturated heterocycles. The fourth-order valence-electron chi connectivity index (χ4n) is 0.905. The number of hydrogen-bond donors (Lipinski definition) is 1. The highest BCUT2D eigenvalue weighted by molar-refractivity contribution is 7.84. The molecular weight excluding hydrogens is 192 g/mol. The molecule has 0 radical (unpaired) electrons. The molecule has 13 heavy (non-hydrogen) atoms. The van der Waals surface area contributed by atoms with Gasteiger partial charge in [0.15, 0.2) is 0 Å². The van der Waals surface area contributed by atoms with Crippen LogP contribution in [0.1, 0.15) is 6.92 Å². The van der Waals surface area contributed by atoms with E-state index in [4.69, 9.17) is 10.5 Å². The van der Waals surface area contributed by atoms with Gasteiger partial charge in [0.1, 0.15) is 4.91 Å². The Bertz CT molecular complexity index is 275. The summed E-state index contributed by atoms with van der Waals surface area (Å²) in [6.07, 6.45) is 0.984. The maximum absolute atomic E-state index is 10.6. The Balaban J connectivity index is 2.77. The van der Waals surface area contributed by atoms with Crippen molar-refractivity contribution >= 4 is 17.0 Å². The highest BCUT2D eigenvalue weighted by Gasteiger charge is 2.16. The molecule has 0 aromatic rings. The van der Waals surface area contributed by atoms with Crippen LogP contribution < -0.4 is 5.73 Å². The number of rotatable bonds is 2. The molecule has 2 unspecified atom stereocenters. The van der Waals surface area contributed by atoms with Crippen LogP contribution in [0.15, 0.2) is 16.1 Å². The van der Waals surface area contributed by atoms with Crippen LogP contribution in [0.4, 0.5) is 0 Å². The lowest BCUT2D eigenvalue weighted by atomic mass is 10.2. The maximum atomic E-state index is 10.6. The van der Waals surface area contributed by atoms with Gasteiger partial charge in [0.2, 0.25) is 5.90 Å². The summed E-state index contributed by atoms with van der Waals surface area (Å²) in [4.78, 5) is 3.88. The second-order valence-corrected chi connectivity index (χ2v) is 3.74. The first-order valence-electron chi connectivity index (χ1n) is 3.84. The van der Waals surface area contributed by atoms with E-state index in [1.54, 1.807) is 0 Å². The van der Waals surface area contributed by atoms with Crippen molar-refractivity contribution < 1.29 is 13.5 Å². The SMILES string of the molecule is CC1CN=C(C(=CN)S(=O)[O-])OC1. The van der Waals surface area contributed by atoms with Crippen molar-refractivity contribution in [2.45, 2.75) is 6.92 Å². The third-order valence-corrected chi connectivity index (χ3v) is 2.26. The van der Waals surface area contributed by atoms with Gasteiger partial charge in [-0.3, -0.25) is 9.20 Å². The molecular formula is C7H11N2O3S-. The summed E-state index contributed by atoms with van der Waals surface area (Å²) in [5.41, 5.74) is 5.12. The molecule has 1 rings (SSSR count). The summed E-state index contributed by atoms with van der Waals surface area (Å²) in [5.74, 6) is 0.441. The summed E-state index contributed by atoms with van der Waals surface area (Å²) in [5, 5.41) is 0. The molecule has 5 nitrogen and oxygen atoms in total. The van der Waals surface area contributed by atoms with Gasteiger partial charge in [-0.1, -0.05) is 6.92 Å². The van der Waals surface area contributed by atoms with Crippen molar-refractivity contribution in [3.05, 3.63) is 11.1 Å². The van der Waals surface area contributed by atoms with Crippen molar-refractivity contribution in [2.75, 3.05) is 13.2 Å². The summed E-state index contributed by atoms with van der Waals surface area (Å²) in [7, 11) is 0. The van der Waals surface area contributed by atoms with Crippen LogP contribution in [-0.2, 0) is 15.8 Å². The monoisotopic (exact) mass is 203 g/mol. The first-order valence-corrected chi connectivity index (χ1v) is 4.91. The predicted octanol–water partition coefficient (Wildman–Crippen LogP) is -0.270. The number of hydrogen-bond acceptors (Lipinski definition) is 5. The highest BCUT2D eigenvalue weighted by atomic mass is 32.2. The Labute approximate surface area is 79.0 Å². The Kier molecular flexibility index (Phi) is 3.44. The molecule has 0 bridgehead atoms. The Morgan fingerprint density at radius 1 is 1.92 bits per heavy atom. The smallest absolute Gasteiger partial charge is 0.225 e. The average Bonchev–Trinajstić information content (AvgIpc) is 2.09. The lowest BCUT2D eigenvalue weighted by Gasteiger charge is -2.20. The van der Waals surface area contributed by atoms with E-state index >= 15 is 0 Å². The lowest BCUT2D eigenvalue weighted by Crippen LogP contribution is -2.24. The van der Waals surface area contributed by atoms with Gasteiger partial charge in [-0.25, -0.2) is 0 Å². The van der Waals surface area contributed by atoms with Crippen LogP contribution in [0.3, 0.4) is 0 Å². The molecule has 1 aliphatic heterocycles. The zero-order valence-corrected chi connectivity index (χ0v) is 8.04. The Hall–Kier alpha value is -0.880. The molecule has 2 atom stereocenters. The Morgan fingerprint density at radius 2 is 2.62 bits per heavy atom. The van der Waals surface area contributed by atoms with Crippen LogP contribution in [0.5, 0.6) is 0 Å². The average molecular weight is 203 g/mol. The second-order valence-electron chi connectivity index (χ2n) is 2.83. The van der Waals surface area contributed by atoms with Gasteiger partial charge < -0.3 is 15.0 Å². The number of nitrogens with zero attached hydrogens (tertiary/aromatic N) is 1. The zero-order chi connectivity index (χ0) is 9.84. The van der Waals surface area contributed by atoms with E-state index < -0.39 is 11.1 Å². The van der Waals surface area contributed by atoms with E-state index in [-0.39, 0.29) is 10.8 Å². The molecule has 0 saturated carbocycles. The molecule has 0 aliphatic carbocycles. The molecule has 0 spiro atoms. The van der Waals surface area contributed by atoms with Gasteiger partial charge >= 0.3 is 0 Å². The van der Waals surface area contributed by atoms with Gasteiger partial charge in [-0.15, -0.1) is 0 Å². The largest absolute Gasteiger partial charge is 0.768 e. The van der Waals surface area contributed by atoms with Crippen molar-refractivity contribution in [2.24, 2.45) is 16.6 Å². The van der Waals surface area contributed by atoms with Crippen molar-refractivity contribution in [3.63, 3.8) is 0 Å². The zero-order valence-electron chi connectivity index (χ0n) is 7.23. The fraction of sp³-hybridized carbons (Fsp3) is 0.571. The van der Waals surface area contributed by atoms with Crippen molar-refractivity contribution in [1.82, 2.24) is 0 Å². The Morgan fingerprint density at radius 3 is 3.00 bits per heavy atom. The van der Waals surface area contributed by atoms with E-state index in [1.165, 1.54) is 0 Å². The summed E-state index contributed by atoms with van der Waals surface area (Å²) in [6, 6.07) is 0. The number of aliphatic imine (C=N–C) groups is 1. The topological polar surface area (TPSA) is 87.7 Å². The highest BCUT2D eigenvalue weighted by Crippen LogP contribution is 2.11. The van der Waals surface area contributed by atoms with Crippen LogP contribution in [0.25, 0.3) is 0 Å². The first kappa shape index (κ1) is 10.2. The molecule has 74 valence electrons. The van der Waals surface area contributed by atoms with Crippen molar-refractivity contribution in [3.8, 4) is 0 Å². The van der Waals surface area contributed by atoms with E-state index in [2.05, 4.69) is 4.99 Å². The van der Waals surface area contributed by atoms with Gasteiger partial charge in [0.05, 0.1) is 6.61 Å². The van der Waals surface area contributed by atoms with Crippen molar-refractivity contribution in [1.29, 1.82) is 0 Å². The van der Waals surface area contributed by atoms with E-state index in [0.29, 0.717) is 19.1 Å². The van der Waals surface area contributed by atoms with Gasteiger partial charge in [0.25, 0.3) is 0 Å². The number of nitrogens with two attached hydrogens (primary N) is 1. The van der Waals surface area contributed by atoms with Crippen LogP contribution in [0.2, 0.25) is 0 Å². The predicted molar refractivity (Wildman–Crippen MR) is 48.6 cm³/mol. The standard InChI is InChI=1S/C7H12N2O3S/c1-5-3-9-7(12-4-5)6(2-8)13(10)11/h2,5H,3-4,8H2,1H3,(H,10,11)/p-1. The molecule has 1 aliphatic rings. The third kappa shape index (κ3) is 2.53. The summed E-state index contributed by atoms with van der Waals surface area (Å²) < 4.78 is 26.3. The van der Waals surface area contributed by atoms with Gasteiger partial charge in [0, 0.05) is 18.7 Å². The minimum atomic E-state index is -2.38. The maximum Gasteiger partial charge on any atom is 0.225 e. The molecule has 1 heterocycles. The molecule has 0 amide bonds. The van der Waals surface area contributed by atoms with Crippen LogP contribution in [-0.4, -0.2) is 27.8 Å². The van der Waals surface area contributed by atoms with E-state index in [9.17, 15) is 8.76 Å². The lowest BCUT2D eigenvalue weighted by molar-refractivity contribution is 0.233. The van der Waals surface area contributed by atoms with Gasteiger partial charge in [-0.2, -0.15) is 0 Å². The van der Waals surface area contributed by atoms with Crippen LogP contribution in [0, 0.1) is 5.92 Å². The second kappa shape index (κ2) is 4.38. The van der Waals surface area contributed by atoms with E-state index in [1.807, 2.05) is 6.92 Å². The third-order valence-electron chi connectivity index (χ3n) is 1.59. The molecule has 0 aromatic carbocycles. The first-order chi connectivity index (χ1) is 6.15. The van der Waals surface area contributed by atoms with Crippen LogP contribution >= 0.6 is 0 Å². The summed E-state index contributed by atoms with van der Waals surface area (Å²) in [6.45, 7) is 3.03.